The van der Waals surface area contributed by atoms with Crippen LogP contribution in [0.1, 0.15) is 24.5 Å². The number of hydrogen-bond donors (Lipinski definition) is 1. The van der Waals surface area contributed by atoms with Crippen molar-refractivity contribution < 1.29 is 9.90 Å². The van der Waals surface area contributed by atoms with Gasteiger partial charge < -0.3 is 5.11 Å². The summed E-state index contributed by atoms with van der Waals surface area (Å²) in [6, 6.07) is 8.85. The molecule has 1 aromatic carbocycles. The van der Waals surface area contributed by atoms with Crippen LogP contribution in [0.3, 0.4) is 0 Å². The summed E-state index contributed by atoms with van der Waals surface area (Å²) < 4.78 is 0. The van der Waals surface area contributed by atoms with Gasteiger partial charge in [0.05, 0.1) is 6.42 Å². The summed E-state index contributed by atoms with van der Waals surface area (Å²) >= 11 is 0. The highest BCUT2D eigenvalue weighted by Gasteiger charge is 2.22. The molecule has 0 aromatic heterocycles. The van der Waals surface area contributed by atoms with E-state index < -0.39 is 5.97 Å². The van der Waals surface area contributed by atoms with Crippen molar-refractivity contribution in [1.82, 2.24) is 4.90 Å². The first kappa shape index (κ1) is 11.1. The Hall–Kier alpha value is -1.35. The maximum Gasteiger partial charge on any atom is 0.304 e. The van der Waals surface area contributed by atoms with E-state index in [-0.39, 0.29) is 6.42 Å². The monoisotopic (exact) mass is 219 g/mol. The normalized spacial score (nSPS) is 20.4. The zero-order valence-corrected chi connectivity index (χ0v) is 9.52. The van der Waals surface area contributed by atoms with Gasteiger partial charge in [0.15, 0.2) is 0 Å². The predicted molar refractivity (Wildman–Crippen MR) is 62.3 cm³/mol. The van der Waals surface area contributed by atoms with Crippen LogP contribution in [0.5, 0.6) is 0 Å². The molecule has 1 aliphatic heterocycles. The van der Waals surface area contributed by atoms with Gasteiger partial charge in [0.2, 0.25) is 0 Å². The number of hydrogen-bond acceptors (Lipinski definition) is 2. The molecular formula is C13H17NO2. The van der Waals surface area contributed by atoms with Crippen molar-refractivity contribution in [3.05, 3.63) is 35.4 Å². The average Bonchev–Trinajstić information content (AvgIpc) is 2.26. The number of fused-ring (bicyclic) bond motifs is 1. The van der Waals surface area contributed by atoms with E-state index in [9.17, 15) is 4.79 Å². The molecule has 86 valence electrons. The van der Waals surface area contributed by atoms with Gasteiger partial charge in [-0.05, 0) is 24.5 Å². The Balaban J connectivity index is 2.06. The Morgan fingerprint density at radius 2 is 2.12 bits per heavy atom. The number of carboxylic acid groups (broad SMARTS) is 1. The van der Waals surface area contributed by atoms with Crippen molar-refractivity contribution in [2.45, 2.75) is 32.4 Å². The topological polar surface area (TPSA) is 40.5 Å². The fourth-order valence-corrected chi connectivity index (χ4v) is 2.27. The molecule has 3 heteroatoms. The molecule has 1 atom stereocenters. The highest BCUT2D eigenvalue weighted by Crippen LogP contribution is 2.22. The van der Waals surface area contributed by atoms with Crippen LogP contribution >= 0.6 is 0 Å². The lowest BCUT2D eigenvalue weighted by Crippen LogP contribution is -2.39. The van der Waals surface area contributed by atoms with Crippen molar-refractivity contribution in [1.29, 1.82) is 0 Å². The van der Waals surface area contributed by atoms with Gasteiger partial charge >= 0.3 is 5.97 Å². The van der Waals surface area contributed by atoms with Crippen LogP contribution in [-0.4, -0.2) is 28.6 Å². The molecule has 1 N–H and O–H groups in total. The Labute approximate surface area is 95.7 Å². The molecular weight excluding hydrogens is 202 g/mol. The van der Waals surface area contributed by atoms with Gasteiger partial charge in [-0.25, -0.2) is 0 Å². The van der Waals surface area contributed by atoms with Gasteiger partial charge in [-0.1, -0.05) is 24.3 Å². The number of aliphatic carboxylic acids is 1. The van der Waals surface area contributed by atoms with E-state index in [0.717, 1.165) is 13.0 Å². The SMILES string of the molecule is CC1Cc2ccccc2CN1CCC(=O)O. The van der Waals surface area contributed by atoms with Crippen LogP contribution in [-0.2, 0) is 17.8 Å². The van der Waals surface area contributed by atoms with Crippen molar-refractivity contribution >= 4 is 5.97 Å². The summed E-state index contributed by atoms with van der Waals surface area (Å²) in [7, 11) is 0. The quantitative estimate of drug-likeness (QED) is 0.844. The number of benzene rings is 1. The van der Waals surface area contributed by atoms with E-state index in [1.54, 1.807) is 0 Å². The van der Waals surface area contributed by atoms with Crippen LogP contribution < -0.4 is 0 Å². The van der Waals surface area contributed by atoms with Gasteiger partial charge in [0.1, 0.15) is 0 Å². The van der Waals surface area contributed by atoms with E-state index in [4.69, 9.17) is 5.11 Å². The van der Waals surface area contributed by atoms with Crippen molar-refractivity contribution in [3.63, 3.8) is 0 Å². The Morgan fingerprint density at radius 1 is 1.44 bits per heavy atom. The van der Waals surface area contributed by atoms with Crippen molar-refractivity contribution in [2.24, 2.45) is 0 Å². The molecule has 0 fully saturated rings. The molecule has 0 aliphatic carbocycles. The second-order valence-corrected chi connectivity index (χ2v) is 4.44. The lowest BCUT2D eigenvalue weighted by atomic mass is 9.95. The standard InChI is InChI=1S/C13H17NO2/c1-10-8-11-4-2-3-5-12(11)9-14(10)7-6-13(15)16/h2-5,10H,6-9H2,1H3,(H,15,16). The maximum absolute atomic E-state index is 10.6. The molecule has 1 heterocycles. The molecule has 1 unspecified atom stereocenters. The number of carbonyl (C=O) groups is 1. The summed E-state index contributed by atoms with van der Waals surface area (Å²) in [5, 5.41) is 8.70. The Kier molecular flexibility index (Phi) is 3.25. The minimum absolute atomic E-state index is 0.229. The third-order valence-electron chi connectivity index (χ3n) is 3.24. The lowest BCUT2D eigenvalue weighted by Gasteiger charge is -2.34. The Morgan fingerprint density at radius 3 is 2.81 bits per heavy atom. The van der Waals surface area contributed by atoms with E-state index in [2.05, 4.69) is 30.0 Å². The number of nitrogens with zero attached hydrogens (tertiary/aromatic N) is 1. The van der Waals surface area contributed by atoms with Gasteiger partial charge in [-0.15, -0.1) is 0 Å². The highest BCUT2D eigenvalue weighted by atomic mass is 16.4. The highest BCUT2D eigenvalue weighted by molar-refractivity contribution is 5.66. The van der Waals surface area contributed by atoms with Crippen molar-refractivity contribution in [3.8, 4) is 0 Å². The molecule has 0 amide bonds. The van der Waals surface area contributed by atoms with Crippen LogP contribution in [0, 0.1) is 0 Å². The van der Waals surface area contributed by atoms with E-state index in [0.29, 0.717) is 12.6 Å². The fraction of sp³-hybridized carbons (Fsp3) is 0.462. The first-order valence-corrected chi connectivity index (χ1v) is 5.69. The molecule has 0 radical (unpaired) electrons. The van der Waals surface area contributed by atoms with Crippen LogP contribution in [0.25, 0.3) is 0 Å². The Bertz CT molecular complexity index is 389. The van der Waals surface area contributed by atoms with Gasteiger partial charge in [-0.2, -0.15) is 0 Å². The van der Waals surface area contributed by atoms with Crippen LogP contribution in [0.15, 0.2) is 24.3 Å². The second kappa shape index (κ2) is 4.66. The van der Waals surface area contributed by atoms with Crippen LogP contribution in [0.4, 0.5) is 0 Å². The molecule has 0 spiro atoms. The summed E-state index contributed by atoms with van der Waals surface area (Å²) in [5.41, 5.74) is 2.74. The minimum atomic E-state index is -0.717. The maximum atomic E-state index is 10.6. The smallest absolute Gasteiger partial charge is 0.304 e. The zero-order chi connectivity index (χ0) is 11.5. The van der Waals surface area contributed by atoms with Crippen molar-refractivity contribution in [2.75, 3.05) is 6.54 Å². The summed E-state index contributed by atoms with van der Waals surface area (Å²) in [6.07, 6.45) is 1.25. The molecule has 0 saturated heterocycles. The van der Waals surface area contributed by atoms with Gasteiger partial charge in [-0.3, -0.25) is 9.69 Å². The summed E-state index contributed by atoms with van der Waals surface area (Å²) in [5.74, 6) is -0.717. The van der Waals surface area contributed by atoms with E-state index in [1.807, 2.05) is 6.07 Å². The van der Waals surface area contributed by atoms with Crippen LogP contribution in [0.2, 0.25) is 0 Å². The zero-order valence-electron chi connectivity index (χ0n) is 9.52. The first-order valence-electron chi connectivity index (χ1n) is 5.69. The molecule has 3 nitrogen and oxygen atoms in total. The minimum Gasteiger partial charge on any atom is -0.481 e. The third kappa shape index (κ3) is 2.42. The summed E-state index contributed by atoms with van der Waals surface area (Å²) in [4.78, 5) is 12.8. The van der Waals surface area contributed by atoms with Gasteiger partial charge in [0, 0.05) is 19.1 Å². The lowest BCUT2D eigenvalue weighted by molar-refractivity contribution is -0.137. The largest absolute Gasteiger partial charge is 0.481 e. The van der Waals surface area contributed by atoms with Gasteiger partial charge in [0.25, 0.3) is 0 Å². The molecule has 1 aliphatic rings. The molecule has 1 aromatic rings. The number of rotatable bonds is 3. The molecule has 2 rings (SSSR count). The third-order valence-corrected chi connectivity index (χ3v) is 3.24. The molecule has 0 bridgehead atoms. The average molecular weight is 219 g/mol. The predicted octanol–water partition coefficient (Wildman–Crippen LogP) is 1.91. The summed E-state index contributed by atoms with van der Waals surface area (Å²) in [6.45, 7) is 3.69. The number of carboxylic acids is 1. The second-order valence-electron chi connectivity index (χ2n) is 4.44. The molecule has 16 heavy (non-hydrogen) atoms. The van der Waals surface area contributed by atoms with E-state index in [1.165, 1.54) is 11.1 Å². The first-order chi connectivity index (χ1) is 7.66. The molecule has 0 saturated carbocycles. The fourth-order valence-electron chi connectivity index (χ4n) is 2.27. The van der Waals surface area contributed by atoms with E-state index >= 15 is 0 Å².